The zero-order valence-electron chi connectivity index (χ0n) is 16.0. The number of anilines is 1. The number of halogens is 4. The highest BCUT2D eigenvalue weighted by Gasteiger charge is 2.38. The Morgan fingerprint density at radius 1 is 1.07 bits per heavy atom. The molecule has 0 radical (unpaired) electrons. The Labute approximate surface area is 170 Å². The van der Waals surface area contributed by atoms with Crippen molar-refractivity contribution in [2.24, 2.45) is 5.92 Å². The van der Waals surface area contributed by atoms with Crippen LogP contribution in [0.1, 0.15) is 18.7 Å². The smallest absolute Gasteiger partial charge is 0.325 e. The first-order chi connectivity index (χ1) is 14.3. The Morgan fingerprint density at radius 2 is 1.73 bits per heavy atom. The molecule has 3 aromatic rings. The Hall–Kier alpha value is -3.10. The number of likely N-dealkylation sites (tertiary alicyclic amines) is 1. The first-order valence-corrected chi connectivity index (χ1v) is 9.65. The lowest BCUT2D eigenvalue weighted by Gasteiger charge is -2.32. The number of amides is 2. The van der Waals surface area contributed by atoms with Crippen LogP contribution in [0, 0.1) is 11.7 Å². The van der Waals surface area contributed by atoms with Gasteiger partial charge in [-0.15, -0.1) is 0 Å². The number of carbonyl (C=O) groups excluding carboxylic acids is 1. The molecular weight excluding hydrogens is 400 g/mol. The highest BCUT2D eigenvalue weighted by molar-refractivity contribution is 5.89. The molecule has 1 aliphatic heterocycles. The maximum Gasteiger partial charge on any atom is 0.449 e. The van der Waals surface area contributed by atoms with Gasteiger partial charge >= 0.3 is 12.2 Å². The normalized spacial score (nSPS) is 15.5. The van der Waals surface area contributed by atoms with Crippen molar-refractivity contribution in [3.05, 3.63) is 60.2 Å². The van der Waals surface area contributed by atoms with E-state index in [9.17, 15) is 22.4 Å². The average Bonchev–Trinajstić information content (AvgIpc) is 3.09. The minimum Gasteiger partial charge on any atom is -0.325 e. The molecular formula is C21H20F4N4O. The fraction of sp³-hybridized carbons (Fsp3) is 0.333. The lowest BCUT2D eigenvalue weighted by atomic mass is 9.96. The molecule has 0 spiro atoms. The van der Waals surface area contributed by atoms with Crippen LogP contribution in [-0.2, 0) is 12.7 Å². The van der Waals surface area contributed by atoms with Crippen LogP contribution in [0.5, 0.6) is 0 Å². The summed E-state index contributed by atoms with van der Waals surface area (Å²) in [5.74, 6) is -1.28. The fourth-order valence-electron chi connectivity index (χ4n) is 3.79. The van der Waals surface area contributed by atoms with Gasteiger partial charge in [0, 0.05) is 25.3 Å². The van der Waals surface area contributed by atoms with Gasteiger partial charge in [0.05, 0.1) is 11.0 Å². The number of piperidine rings is 1. The van der Waals surface area contributed by atoms with Crippen molar-refractivity contribution in [2.75, 3.05) is 18.4 Å². The summed E-state index contributed by atoms with van der Waals surface area (Å²) >= 11 is 0. The SMILES string of the molecule is O=C(Nc1ccc(F)cc1)N1CCC(Cn2c(C(F)(F)F)nc3ccccc32)CC1. The van der Waals surface area contributed by atoms with Crippen LogP contribution in [0.4, 0.5) is 28.0 Å². The van der Waals surface area contributed by atoms with E-state index in [0.29, 0.717) is 42.7 Å². The second-order valence-electron chi connectivity index (χ2n) is 7.40. The van der Waals surface area contributed by atoms with E-state index in [1.165, 1.54) is 28.8 Å². The van der Waals surface area contributed by atoms with Crippen molar-refractivity contribution in [1.29, 1.82) is 0 Å². The maximum atomic E-state index is 13.5. The van der Waals surface area contributed by atoms with E-state index in [2.05, 4.69) is 10.3 Å². The molecule has 4 rings (SSSR count). The van der Waals surface area contributed by atoms with Crippen molar-refractivity contribution < 1.29 is 22.4 Å². The van der Waals surface area contributed by atoms with Crippen LogP contribution in [-0.4, -0.2) is 33.6 Å². The molecule has 0 bridgehead atoms. The standard InChI is InChI=1S/C21H20F4N4O/c22-15-5-7-16(8-6-15)26-20(30)28-11-9-14(10-12-28)13-29-18-4-2-1-3-17(18)27-19(29)21(23,24)25/h1-8,14H,9-13H2,(H,26,30). The molecule has 0 aliphatic carbocycles. The second kappa shape index (κ2) is 7.97. The van der Waals surface area contributed by atoms with Crippen LogP contribution >= 0.6 is 0 Å². The molecule has 1 aliphatic rings. The summed E-state index contributed by atoms with van der Waals surface area (Å²) in [7, 11) is 0. The fourth-order valence-corrected chi connectivity index (χ4v) is 3.79. The monoisotopic (exact) mass is 420 g/mol. The predicted molar refractivity (Wildman–Crippen MR) is 104 cm³/mol. The highest BCUT2D eigenvalue weighted by atomic mass is 19.4. The Morgan fingerprint density at radius 3 is 2.40 bits per heavy atom. The lowest BCUT2D eigenvalue weighted by Crippen LogP contribution is -2.41. The van der Waals surface area contributed by atoms with Gasteiger partial charge in [0.2, 0.25) is 5.82 Å². The van der Waals surface area contributed by atoms with Crippen molar-refractivity contribution >= 4 is 22.8 Å². The van der Waals surface area contributed by atoms with Crippen molar-refractivity contribution in [2.45, 2.75) is 25.6 Å². The van der Waals surface area contributed by atoms with Gasteiger partial charge in [0.15, 0.2) is 0 Å². The maximum absolute atomic E-state index is 13.5. The van der Waals surface area contributed by atoms with Crippen molar-refractivity contribution in [3.8, 4) is 0 Å². The molecule has 30 heavy (non-hydrogen) atoms. The number of urea groups is 1. The van der Waals surface area contributed by atoms with Crippen LogP contribution in [0.2, 0.25) is 0 Å². The molecule has 1 saturated heterocycles. The zero-order valence-corrected chi connectivity index (χ0v) is 16.0. The Balaban J connectivity index is 1.42. The van der Waals surface area contributed by atoms with E-state index >= 15 is 0 Å². The molecule has 5 nitrogen and oxygen atoms in total. The first-order valence-electron chi connectivity index (χ1n) is 9.65. The van der Waals surface area contributed by atoms with Gasteiger partial charge in [0.25, 0.3) is 0 Å². The minimum absolute atomic E-state index is 0.00132. The summed E-state index contributed by atoms with van der Waals surface area (Å²) in [4.78, 5) is 17.8. The number of hydrogen-bond acceptors (Lipinski definition) is 2. The number of nitrogens with one attached hydrogen (secondary N) is 1. The summed E-state index contributed by atoms with van der Waals surface area (Å²) in [5, 5.41) is 2.71. The molecule has 1 N–H and O–H groups in total. The van der Waals surface area contributed by atoms with Gasteiger partial charge in [-0.25, -0.2) is 14.2 Å². The van der Waals surface area contributed by atoms with E-state index in [0.717, 1.165) is 0 Å². The van der Waals surface area contributed by atoms with Crippen LogP contribution < -0.4 is 5.32 Å². The molecule has 0 saturated carbocycles. The topological polar surface area (TPSA) is 50.2 Å². The van der Waals surface area contributed by atoms with Gasteiger partial charge in [0.1, 0.15) is 5.82 Å². The summed E-state index contributed by atoms with van der Waals surface area (Å²) < 4.78 is 54.6. The summed E-state index contributed by atoms with van der Waals surface area (Å²) in [5.41, 5.74) is 1.27. The second-order valence-corrected chi connectivity index (χ2v) is 7.40. The number of alkyl halides is 3. The van der Waals surface area contributed by atoms with Gasteiger partial charge in [-0.1, -0.05) is 12.1 Å². The largest absolute Gasteiger partial charge is 0.449 e. The number of benzene rings is 2. The third-order valence-electron chi connectivity index (χ3n) is 5.35. The van der Waals surface area contributed by atoms with Crippen molar-refractivity contribution in [1.82, 2.24) is 14.5 Å². The van der Waals surface area contributed by atoms with E-state index in [-0.39, 0.29) is 24.3 Å². The molecule has 2 heterocycles. The number of nitrogens with zero attached hydrogens (tertiary/aromatic N) is 3. The highest BCUT2D eigenvalue weighted by Crippen LogP contribution is 2.33. The van der Waals surface area contributed by atoms with Gasteiger partial charge in [-0.2, -0.15) is 13.2 Å². The minimum atomic E-state index is -4.53. The molecule has 2 aromatic carbocycles. The summed E-state index contributed by atoms with van der Waals surface area (Å²) in [6.45, 7) is 1.07. The van der Waals surface area contributed by atoms with E-state index in [1.54, 1.807) is 29.2 Å². The van der Waals surface area contributed by atoms with E-state index < -0.39 is 12.0 Å². The number of rotatable bonds is 3. The number of aromatic nitrogens is 2. The summed E-state index contributed by atoms with van der Waals surface area (Å²) in [6.07, 6.45) is -3.37. The van der Waals surface area contributed by atoms with Crippen LogP contribution in [0.25, 0.3) is 11.0 Å². The Kier molecular flexibility index (Phi) is 5.36. The number of fused-ring (bicyclic) bond motifs is 1. The van der Waals surface area contributed by atoms with E-state index in [4.69, 9.17) is 0 Å². The predicted octanol–water partition coefficient (Wildman–Crippen LogP) is 5.14. The first kappa shape index (κ1) is 20.2. The van der Waals surface area contributed by atoms with Crippen LogP contribution in [0.3, 0.4) is 0 Å². The molecule has 158 valence electrons. The number of hydrogen-bond donors (Lipinski definition) is 1. The lowest BCUT2D eigenvalue weighted by molar-refractivity contribution is -0.147. The molecule has 9 heteroatoms. The number of para-hydroxylation sites is 2. The van der Waals surface area contributed by atoms with Gasteiger partial charge in [-0.3, -0.25) is 0 Å². The third-order valence-corrected chi connectivity index (χ3v) is 5.35. The van der Waals surface area contributed by atoms with E-state index in [1.807, 2.05) is 0 Å². The molecule has 0 atom stereocenters. The number of imidazole rings is 1. The molecule has 1 fully saturated rings. The third kappa shape index (κ3) is 4.24. The van der Waals surface area contributed by atoms with Gasteiger partial charge < -0.3 is 14.8 Å². The van der Waals surface area contributed by atoms with Crippen molar-refractivity contribution in [3.63, 3.8) is 0 Å². The summed E-state index contributed by atoms with van der Waals surface area (Å²) in [6, 6.07) is 11.7. The molecule has 0 unspecified atom stereocenters. The van der Waals surface area contributed by atoms with Crippen LogP contribution in [0.15, 0.2) is 48.5 Å². The number of carbonyl (C=O) groups is 1. The Bertz CT molecular complexity index is 1040. The zero-order chi connectivity index (χ0) is 21.3. The quantitative estimate of drug-likeness (QED) is 0.597. The molecule has 1 aromatic heterocycles. The van der Waals surface area contributed by atoms with Gasteiger partial charge in [-0.05, 0) is 55.2 Å². The average molecular weight is 420 g/mol. The molecule has 2 amide bonds.